The van der Waals surface area contributed by atoms with E-state index in [2.05, 4.69) is 4.90 Å². The van der Waals surface area contributed by atoms with Gasteiger partial charge in [-0.15, -0.1) is 0 Å². The molecule has 17 heavy (non-hydrogen) atoms. The van der Waals surface area contributed by atoms with Gasteiger partial charge in [-0.05, 0) is 50.4 Å². The van der Waals surface area contributed by atoms with Crippen LogP contribution in [0.2, 0.25) is 0 Å². The first-order valence-electron chi connectivity index (χ1n) is 7.77. The van der Waals surface area contributed by atoms with E-state index in [1.165, 1.54) is 70.9 Å². The molecule has 3 aliphatic carbocycles. The summed E-state index contributed by atoms with van der Waals surface area (Å²) in [5.74, 6) is 2.03. The van der Waals surface area contributed by atoms with E-state index < -0.39 is 0 Å². The third-order valence-electron chi connectivity index (χ3n) is 5.19. The second-order valence-electron chi connectivity index (χ2n) is 6.78. The molecule has 3 fully saturated rings. The summed E-state index contributed by atoms with van der Waals surface area (Å²) in [4.78, 5) is 2.83. The van der Waals surface area contributed by atoms with E-state index in [4.69, 9.17) is 5.73 Å². The third kappa shape index (κ3) is 2.85. The molecule has 0 bridgehead atoms. The number of nitrogens with two attached hydrogens (primary N) is 1. The van der Waals surface area contributed by atoms with Gasteiger partial charge in [-0.2, -0.15) is 0 Å². The smallest absolute Gasteiger partial charge is 0.0331 e. The van der Waals surface area contributed by atoms with Crippen molar-refractivity contribution < 1.29 is 0 Å². The molecule has 2 heteroatoms. The molecular weight excluding hydrogens is 208 g/mol. The highest BCUT2D eigenvalue weighted by Gasteiger charge is 2.41. The minimum atomic E-state index is 0.392. The van der Waals surface area contributed by atoms with Crippen molar-refractivity contribution in [2.45, 2.75) is 63.3 Å². The summed E-state index contributed by atoms with van der Waals surface area (Å²) in [7, 11) is 0. The topological polar surface area (TPSA) is 29.3 Å². The Morgan fingerprint density at radius 2 is 1.41 bits per heavy atom. The largest absolute Gasteiger partial charge is 0.329 e. The summed E-state index contributed by atoms with van der Waals surface area (Å²) >= 11 is 0. The average molecular weight is 236 g/mol. The fourth-order valence-electron chi connectivity index (χ4n) is 3.55. The molecule has 0 aromatic heterocycles. The van der Waals surface area contributed by atoms with E-state index in [-0.39, 0.29) is 0 Å². The van der Waals surface area contributed by atoms with Crippen LogP contribution in [0.25, 0.3) is 0 Å². The van der Waals surface area contributed by atoms with Crippen LogP contribution in [0.15, 0.2) is 0 Å². The molecule has 0 aromatic carbocycles. The summed E-state index contributed by atoms with van der Waals surface area (Å²) in [5.41, 5.74) is 6.58. The monoisotopic (exact) mass is 236 g/mol. The van der Waals surface area contributed by atoms with Crippen LogP contribution in [0.1, 0.15) is 57.8 Å². The molecule has 0 atom stereocenters. The van der Waals surface area contributed by atoms with Gasteiger partial charge in [0.15, 0.2) is 0 Å². The SMILES string of the molecule is NCC1(N(CC2CC2)CC2CC2)CCCCC1. The second-order valence-corrected chi connectivity index (χ2v) is 6.78. The normalized spacial score (nSPS) is 28.6. The average Bonchev–Trinajstić information content (AvgIpc) is 3.24. The zero-order chi connectivity index (χ0) is 11.7. The fourth-order valence-corrected chi connectivity index (χ4v) is 3.55. The first kappa shape index (κ1) is 12.0. The van der Waals surface area contributed by atoms with Crippen molar-refractivity contribution in [1.82, 2.24) is 4.90 Å². The molecule has 2 nitrogen and oxygen atoms in total. The van der Waals surface area contributed by atoms with Crippen LogP contribution in [-0.2, 0) is 0 Å². The maximum atomic E-state index is 6.19. The lowest BCUT2D eigenvalue weighted by Crippen LogP contribution is -2.56. The maximum Gasteiger partial charge on any atom is 0.0331 e. The van der Waals surface area contributed by atoms with E-state index in [9.17, 15) is 0 Å². The highest BCUT2D eigenvalue weighted by molar-refractivity contribution is 4.97. The second kappa shape index (κ2) is 4.89. The van der Waals surface area contributed by atoms with Gasteiger partial charge < -0.3 is 5.73 Å². The Labute approximate surface area is 106 Å². The van der Waals surface area contributed by atoms with Crippen LogP contribution in [0.3, 0.4) is 0 Å². The van der Waals surface area contributed by atoms with Crippen LogP contribution in [0.5, 0.6) is 0 Å². The standard InChI is InChI=1S/C15H28N2/c16-12-15(8-2-1-3-9-15)17(10-13-4-5-13)11-14-6-7-14/h13-14H,1-12,16H2. The molecule has 98 valence electrons. The molecule has 0 unspecified atom stereocenters. The van der Waals surface area contributed by atoms with Crippen LogP contribution in [0, 0.1) is 11.8 Å². The molecule has 0 heterocycles. The zero-order valence-corrected chi connectivity index (χ0v) is 11.2. The lowest BCUT2D eigenvalue weighted by molar-refractivity contribution is 0.0480. The Morgan fingerprint density at radius 3 is 1.82 bits per heavy atom. The Bertz CT molecular complexity index is 236. The highest BCUT2D eigenvalue weighted by atomic mass is 15.2. The zero-order valence-electron chi connectivity index (χ0n) is 11.2. The number of hydrogen-bond donors (Lipinski definition) is 1. The first-order chi connectivity index (χ1) is 8.32. The molecule has 0 amide bonds. The first-order valence-corrected chi connectivity index (χ1v) is 7.77. The fraction of sp³-hybridized carbons (Fsp3) is 1.00. The van der Waals surface area contributed by atoms with Crippen molar-refractivity contribution in [1.29, 1.82) is 0 Å². The third-order valence-corrected chi connectivity index (χ3v) is 5.19. The molecule has 3 saturated carbocycles. The van der Waals surface area contributed by atoms with E-state index in [0.717, 1.165) is 18.4 Å². The minimum absolute atomic E-state index is 0.392. The van der Waals surface area contributed by atoms with Crippen LogP contribution in [0.4, 0.5) is 0 Å². The molecule has 0 aliphatic heterocycles. The van der Waals surface area contributed by atoms with Gasteiger partial charge in [-0.1, -0.05) is 19.3 Å². The minimum Gasteiger partial charge on any atom is -0.329 e. The lowest BCUT2D eigenvalue weighted by atomic mass is 9.80. The number of nitrogens with zero attached hydrogens (tertiary/aromatic N) is 1. The summed E-state index contributed by atoms with van der Waals surface area (Å²) in [5, 5.41) is 0. The van der Waals surface area contributed by atoms with E-state index in [1.807, 2.05) is 0 Å². The van der Waals surface area contributed by atoms with Crippen molar-refractivity contribution in [3.8, 4) is 0 Å². The summed E-state index contributed by atoms with van der Waals surface area (Å²) in [6.45, 7) is 3.60. The van der Waals surface area contributed by atoms with Gasteiger partial charge in [-0.3, -0.25) is 4.90 Å². The molecular formula is C15H28N2. The van der Waals surface area contributed by atoms with Crippen molar-refractivity contribution in [2.24, 2.45) is 17.6 Å². The predicted octanol–water partition coefficient (Wildman–Crippen LogP) is 2.77. The summed E-state index contributed by atoms with van der Waals surface area (Å²) < 4.78 is 0. The summed E-state index contributed by atoms with van der Waals surface area (Å²) in [6, 6.07) is 0. The van der Waals surface area contributed by atoms with Crippen LogP contribution < -0.4 is 5.73 Å². The highest BCUT2D eigenvalue weighted by Crippen LogP contribution is 2.40. The van der Waals surface area contributed by atoms with E-state index in [0.29, 0.717) is 5.54 Å². The molecule has 0 saturated heterocycles. The van der Waals surface area contributed by atoms with E-state index >= 15 is 0 Å². The molecule has 3 rings (SSSR count). The Morgan fingerprint density at radius 1 is 0.882 bits per heavy atom. The van der Waals surface area contributed by atoms with Gasteiger partial charge in [0, 0.05) is 25.2 Å². The van der Waals surface area contributed by atoms with Gasteiger partial charge in [0.1, 0.15) is 0 Å². The van der Waals surface area contributed by atoms with Crippen LogP contribution >= 0.6 is 0 Å². The molecule has 2 N–H and O–H groups in total. The van der Waals surface area contributed by atoms with E-state index in [1.54, 1.807) is 0 Å². The van der Waals surface area contributed by atoms with Crippen molar-refractivity contribution in [3.05, 3.63) is 0 Å². The number of rotatable bonds is 6. The quantitative estimate of drug-likeness (QED) is 0.768. The van der Waals surface area contributed by atoms with Gasteiger partial charge in [0.25, 0.3) is 0 Å². The number of hydrogen-bond acceptors (Lipinski definition) is 2. The van der Waals surface area contributed by atoms with Gasteiger partial charge >= 0.3 is 0 Å². The molecule has 0 aromatic rings. The maximum absolute atomic E-state index is 6.19. The van der Waals surface area contributed by atoms with Gasteiger partial charge in [-0.25, -0.2) is 0 Å². The van der Waals surface area contributed by atoms with Crippen molar-refractivity contribution >= 4 is 0 Å². The van der Waals surface area contributed by atoms with Crippen LogP contribution in [-0.4, -0.2) is 30.1 Å². The molecule has 0 radical (unpaired) electrons. The predicted molar refractivity (Wildman–Crippen MR) is 71.9 cm³/mol. The Hall–Kier alpha value is -0.0800. The molecule has 0 spiro atoms. The lowest BCUT2D eigenvalue weighted by Gasteiger charge is -2.46. The Balaban J connectivity index is 1.67. The molecule has 3 aliphatic rings. The van der Waals surface area contributed by atoms with Crippen molar-refractivity contribution in [3.63, 3.8) is 0 Å². The van der Waals surface area contributed by atoms with Gasteiger partial charge in [0.05, 0.1) is 0 Å². The van der Waals surface area contributed by atoms with Gasteiger partial charge in [0.2, 0.25) is 0 Å². The van der Waals surface area contributed by atoms with Crippen molar-refractivity contribution in [2.75, 3.05) is 19.6 Å². The summed E-state index contributed by atoms with van der Waals surface area (Å²) in [6.07, 6.45) is 12.9. The Kier molecular flexibility index (Phi) is 3.45.